The third-order valence-corrected chi connectivity index (χ3v) is 4.23. The first kappa shape index (κ1) is 12.9. The summed E-state index contributed by atoms with van der Waals surface area (Å²) in [5, 5.41) is 8.36. The Hall–Kier alpha value is -2.80. The van der Waals surface area contributed by atoms with E-state index >= 15 is 0 Å². The van der Waals surface area contributed by atoms with Crippen molar-refractivity contribution < 1.29 is 0 Å². The van der Waals surface area contributed by atoms with Gasteiger partial charge in [-0.25, -0.2) is 0 Å². The maximum atomic E-state index is 3.18. The first-order valence-electron chi connectivity index (χ1n) is 7.55. The lowest BCUT2D eigenvalue weighted by atomic mass is 9.92. The van der Waals surface area contributed by atoms with Crippen LogP contribution in [0.15, 0.2) is 78.9 Å². The van der Waals surface area contributed by atoms with E-state index in [0.717, 1.165) is 5.69 Å². The molecule has 1 heteroatoms. The Kier molecular flexibility index (Phi) is 3.05. The van der Waals surface area contributed by atoms with Gasteiger partial charge in [0.05, 0.1) is 0 Å². The first-order valence-corrected chi connectivity index (χ1v) is 7.55. The van der Waals surface area contributed by atoms with Crippen molar-refractivity contribution in [1.82, 2.24) is 0 Å². The minimum atomic E-state index is 1.13. The van der Waals surface area contributed by atoms with Gasteiger partial charge in [0.15, 0.2) is 0 Å². The molecule has 1 nitrogen and oxygen atoms in total. The zero-order valence-electron chi connectivity index (χ0n) is 12.5. The minimum absolute atomic E-state index is 1.13. The van der Waals surface area contributed by atoms with Crippen LogP contribution in [0.3, 0.4) is 0 Å². The third kappa shape index (κ3) is 2.03. The molecule has 1 N–H and O–H groups in total. The highest BCUT2D eigenvalue weighted by molar-refractivity contribution is 6.12. The van der Waals surface area contributed by atoms with Crippen LogP contribution in [-0.2, 0) is 0 Å². The van der Waals surface area contributed by atoms with E-state index < -0.39 is 0 Å². The summed E-state index contributed by atoms with van der Waals surface area (Å²) in [6.07, 6.45) is 0. The number of hydrogen-bond donors (Lipinski definition) is 1. The van der Waals surface area contributed by atoms with Gasteiger partial charge in [0.25, 0.3) is 0 Å². The minimum Gasteiger partial charge on any atom is -0.388 e. The molecule has 0 aliphatic carbocycles. The third-order valence-electron chi connectivity index (χ3n) is 4.23. The van der Waals surface area contributed by atoms with Gasteiger partial charge in [0.2, 0.25) is 0 Å². The first-order chi connectivity index (χ1) is 10.9. The second kappa shape index (κ2) is 5.19. The van der Waals surface area contributed by atoms with Crippen LogP contribution < -0.4 is 5.32 Å². The predicted octanol–water partition coefficient (Wildman–Crippen LogP) is 5.70. The molecule has 106 valence electrons. The lowest BCUT2D eigenvalue weighted by Gasteiger charge is -2.12. The Balaban J connectivity index is 2.11. The molecule has 4 aromatic rings. The smallest absolute Gasteiger partial charge is 0.0337 e. The molecule has 0 aliphatic heterocycles. The van der Waals surface area contributed by atoms with Gasteiger partial charge < -0.3 is 5.32 Å². The van der Waals surface area contributed by atoms with Crippen LogP contribution in [0.5, 0.6) is 0 Å². The highest BCUT2D eigenvalue weighted by Gasteiger charge is 2.09. The lowest BCUT2D eigenvalue weighted by molar-refractivity contribution is 1.51. The van der Waals surface area contributed by atoms with E-state index in [1.807, 2.05) is 7.05 Å². The Labute approximate surface area is 130 Å². The molecule has 0 saturated heterocycles. The maximum Gasteiger partial charge on any atom is 0.0337 e. The summed E-state index contributed by atoms with van der Waals surface area (Å²) in [7, 11) is 1.95. The molecule has 0 unspecified atom stereocenters. The molecule has 4 rings (SSSR count). The second-order valence-electron chi connectivity index (χ2n) is 5.52. The fourth-order valence-electron chi connectivity index (χ4n) is 3.13. The molecule has 0 aromatic heterocycles. The standard InChI is InChI=1S/C21H17N/c1-22-18-12-10-15(11-13-18)21-19-8-4-2-6-16(19)14-17-7-3-5-9-20(17)21/h2-14,22H,1H3. The molecule has 22 heavy (non-hydrogen) atoms. The van der Waals surface area contributed by atoms with Crippen LogP contribution in [0.1, 0.15) is 0 Å². The number of nitrogens with one attached hydrogen (secondary N) is 1. The van der Waals surface area contributed by atoms with Gasteiger partial charge in [-0.05, 0) is 50.9 Å². The predicted molar refractivity (Wildman–Crippen MR) is 96.4 cm³/mol. The van der Waals surface area contributed by atoms with Gasteiger partial charge in [0.1, 0.15) is 0 Å². The van der Waals surface area contributed by atoms with E-state index in [-0.39, 0.29) is 0 Å². The van der Waals surface area contributed by atoms with Crippen molar-refractivity contribution in [2.45, 2.75) is 0 Å². The number of benzene rings is 4. The molecule has 0 atom stereocenters. The van der Waals surface area contributed by atoms with Gasteiger partial charge in [-0.3, -0.25) is 0 Å². The van der Waals surface area contributed by atoms with Gasteiger partial charge in [-0.2, -0.15) is 0 Å². The molecule has 0 spiro atoms. The van der Waals surface area contributed by atoms with Gasteiger partial charge in [-0.15, -0.1) is 0 Å². The summed E-state index contributed by atoms with van der Waals surface area (Å²) in [6, 6.07) is 28.2. The number of anilines is 1. The second-order valence-corrected chi connectivity index (χ2v) is 5.52. The zero-order valence-corrected chi connectivity index (χ0v) is 12.5. The Morgan fingerprint density at radius 1 is 0.636 bits per heavy atom. The molecule has 0 amide bonds. The largest absolute Gasteiger partial charge is 0.388 e. The summed E-state index contributed by atoms with van der Waals surface area (Å²) in [5.41, 5.74) is 3.71. The van der Waals surface area contributed by atoms with E-state index in [2.05, 4.69) is 84.2 Å². The van der Waals surface area contributed by atoms with E-state index in [9.17, 15) is 0 Å². The average Bonchev–Trinajstić information content (AvgIpc) is 2.60. The quantitative estimate of drug-likeness (QED) is 0.465. The number of rotatable bonds is 2. The van der Waals surface area contributed by atoms with E-state index in [4.69, 9.17) is 0 Å². The molecular weight excluding hydrogens is 266 g/mol. The van der Waals surface area contributed by atoms with Crippen LogP contribution in [0.2, 0.25) is 0 Å². The fourth-order valence-corrected chi connectivity index (χ4v) is 3.13. The van der Waals surface area contributed by atoms with Crippen molar-refractivity contribution in [2.24, 2.45) is 0 Å². The van der Waals surface area contributed by atoms with Crippen molar-refractivity contribution in [3.05, 3.63) is 78.9 Å². The maximum absolute atomic E-state index is 3.18. The van der Waals surface area contributed by atoms with Gasteiger partial charge in [-0.1, -0.05) is 60.7 Å². The van der Waals surface area contributed by atoms with Crippen molar-refractivity contribution in [2.75, 3.05) is 12.4 Å². The van der Waals surface area contributed by atoms with Crippen LogP contribution in [0.4, 0.5) is 5.69 Å². The van der Waals surface area contributed by atoms with E-state index in [1.165, 1.54) is 32.7 Å². The molecule has 0 aliphatic rings. The highest BCUT2D eigenvalue weighted by Crippen LogP contribution is 2.36. The molecule has 4 aromatic carbocycles. The Morgan fingerprint density at radius 2 is 1.18 bits per heavy atom. The zero-order chi connectivity index (χ0) is 14.9. The lowest BCUT2D eigenvalue weighted by Crippen LogP contribution is -1.88. The molecule has 0 bridgehead atoms. The molecule has 0 saturated carbocycles. The number of hydrogen-bond acceptors (Lipinski definition) is 1. The average molecular weight is 283 g/mol. The van der Waals surface area contributed by atoms with Crippen LogP contribution in [0, 0.1) is 0 Å². The van der Waals surface area contributed by atoms with Crippen LogP contribution in [-0.4, -0.2) is 7.05 Å². The molecule has 0 radical (unpaired) electrons. The van der Waals surface area contributed by atoms with Crippen LogP contribution in [0.25, 0.3) is 32.7 Å². The van der Waals surface area contributed by atoms with Crippen molar-refractivity contribution >= 4 is 27.2 Å². The van der Waals surface area contributed by atoms with E-state index in [0.29, 0.717) is 0 Å². The van der Waals surface area contributed by atoms with Crippen molar-refractivity contribution in [3.8, 4) is 11.1 Å². The van der Waals surface area contributed by atoms with Gasteiger partial charge >= 0.3 is 0 Å². The Morgan fingerprint density at radius 3 is 1.73 bits per heavy atom. The topological polar surface area (TPSA) is 12.0 Å². The molecule has 0 fully saturated rings. The monoisotopic (exact) mass is 283 g/mol. The summed E-state index contributed by atoms with van der Waals surface area (Å²) >= 11 is 0. The summed E-state index contributed by atoms with van der Waals surface area (Å²) in [6.45, 7) is 0. The normalized spacial score (nSPS) is 11.0. The number of fused-ring (bicyclic) bond motifs is 2. The highest BCUT2D eigenvalue weighted by atomic mass is 14.8. The van der Waals surface area contributed by atoms with Crippen LogP contribution >= 0.6 is 0 Å². The summed E-state index contributed by atoms with van der Waals surface area (Å²) < 4.78 is 0. The molecular formula is C21H17N. The van der Waals surface area contributed by atoms with Gasteiger partial charge in [0, 0.05) is 12.7 Å². The van der Waals surface area contributed by atoms with Crippen molar-refractivity contribution in [3.63, 3.8) is 0 Å². The fraction of sp³-hybridized carbons (Fsp3) is 0.0476. The summed E-state index contributed by atoms with van der Waals surface area (Å²) in [4.78, 5) is 0. The SMILES string of the molecule is CNc1ccc(-c2c3ccccc3cc3ccccc23)cc1. The Bertz CT molecular complexity index is 898. The summed E-state index contributed by atoms with van der Waals surface area (Å²) in [5.74, 6) is 0. The van der Waals surface area contributed by atoms with Crippen molar-refractivity contribution in [1.29, 1.82) is 0 Å². The molecule has 0 heterocycles. The van der Waals surface area contributed by atoms with E-state index in [1.54, 1.807) is 0 Å².